The molecule has 0 fully saturated rings. The lowest BCUT2D eigenvalue weighted by Crippen LogP contribution is -2.57. The first kappa shape index (κ1) is 25.7. The van der Waals surface area contributed by atoms with Crippen molar-refractivity contribution in [3.8, 4) is 0 Å². The molecule has 3 amide bonds. The average molecular weight is 488 g/mol. The molecule has 3 heterocycles. The summed E-state index contributed by atoms with van der Waals surface area (Å²) in [5, 5.41) is 18.7. The fourth-order valence-electron chi connectivity index (χ4n) is 3.62. The van der Waals surface area contributed by atoms with Gasteiger partial charge >= 0.3 is 5.97 Å². The molecular formula is C21H29N9O5. The highest BCUT2D eigenvalue weighted by Gasteiger charge is 2.42. The fourth-order valence-corrected chi connectivity index (χ4v) is 3.62. The highest BCUT2D eigenvalue weighted by molar-refractivity contribution is 6.06. The van der Waals surface area contributed by atoms with Crippen LogP contribution in [0.4, 0.5) is 5.82 Å². The van der Waals surface area contributed by atoms with Gasteiger partial charge in [0.2, 0.25) is 11.8 Å². The molecule has 0 saturated heterocycles. The van der Waals surface area contributed by atoms with E-state index in [4.69, 9.17) is 5.73 Å². The number of aromatic nitrogens is 5. The van der Waals surface area contributed by atoms with Gasteiger partial charge in [-0.1, -0.05) is 25.1 Å². The summed E-state index contributed by atoms with van der Waals surface area (Å²) in [6, 6.07) is 0.550. The van der Waals surface area contributed by atoms with Crippen LogP contribution in [0.5, 0.6) is 0 Å². The maximum atomic E-state index is 13.7. The largest absolute Gasteiger partial charge is 0.469 e. The summed E-state index contributed by atoms with van der Waals surface area (Å²) in [5.41, 5.74) is 6.65. The molecule has 35 heavy (non-hydrogen) atoms. The summed E-state index contributed by atoms with van der Waals surface area (Å²) in [5.74, 6) is -1.72. The van der Waals surface area contributed by atoms with E-state index in [1.54, 1.807) is 26.0 Å². The molecule has 5 N–H and O–H groups in total. The summed E-state index contributed by atoms with van der Waals surface area (Å²) in [6.07, 6.45) is 1.56. The van der Waals surface area contributed by atoms with Crippen LogP contribution in [-0.2, 0) is 36.9 Å². The van der Waals surface area contributed by atoms with E-state index in [0.717, 1.165) is 0 Å². The number of aromatic amines is 1. The summed E-state index contributed by atoms with van der Waals surface area (Å²) >= 11 is 0. The van der Waals surface area contributed by atoms with E-state index >= 15 is 0 Å². The monoisotopic (exact) mass is 487 g/mol. The molecule has 188 valence electrons. The molecule has 2 aromatic heterocycles. The van der Waals surface area contributed by atoms with Gasteiger partial charge in [0, 0.05) is 19.0 Å². The van der Waals surface area contributed by atoms with E-state index in [0.29, 0.717) is 11.4 Å². The van der Waals surface area contributed by atoms with Crippen LogP contribution in [0.1, 0.15) is 38.1 Å². The van der Waals surface area contributed by atoms with Crippen molar-refractivity contribution in [3.05, 3.63) is 29.7 Å². The molecule has 0 radical (unpaired) electrons. The number of esters is 1. The number of amides is 3. The fraction of sp³-hybridized carbons (Fsp3) is 0.524. The number of fused-ring (bicyclic) bond motifs is 1. The zero-order chi connectivity index (χ0) is 25.5. The lowest BCUT2D eigenvalue weighted by Gasteiger charge is -2.29. The van der Waals surface area contributed by atoms with Crippen molar-refractivity contribution in [3.63, 3.8) is 0 Å². The molecule has 3 atom stereocenters. The molecule has 1 aliphatic rings. The van der Waals surface area contributed by atoms with Crippen LogP contribution >= 0.6 is 0 Å². The number of hydrogen-bond donors (Lipinski definition) is 4. The SMILES string of the molecule is COC(=O)CC[C@H](NC(=O)[C@@H](N)C(C)C)C(=O)N1c2ncccc2C[C@H]1C(=O)NCc1nn[nH]n1. The minimum absolute atomic E-state index is 0.00336. The van der Waals surface area contributed by atoms with Crippen molar-refractivity contribution in [1.82, 2.24) is 36.2 Å². The first-order valence-electron chi connectivity index (χ1n) is 11.1. The second-order valence-electron chi connectivity index (χ2n) is 8.41. The second kappa shape index (κ2) is 11.5. The van der Waals surface area contributed by atoms with Gasteiger partial charge in [0.1, 0.15) is 17.9 Å². The third-order valence-electron chi connectivity index (χ3n) is 5.67. The number of carbonyl (C=O) groups excluding carboxylic acids is 4. The zero-order valence-corrected chi connectivity index (χ0v) is 19.7. The Morgan fingerprint density at radius 2 is 2.09 bits per heavy atom. The molecule has 0 aromatic carbocycles. The number of methoxy groups -OCH3 is 1. The molecule has 0 aliphatic carbocycles. The number of anilines is 1. The number of nitrogens with one attached hydrogen (secondary N) is 3. The zero-order valence-electron chi connectivity index (χ0n) is 19.7. The smallest absolute Gasteiger partial charge is 0.305 e. The maximum Gasteiger partial charge on any atom is 0.305 e. The molecule has 3 rings (SSSR count). The van der Waals surface area contributed by atoms with E-state index in [2.05, 4.69) is 41.0 Å². The minimum Gasteiger partial charge on any atom is -0.469 e. The van der Waals surface area contributed by atoms with Gasteiger partial charge in [0.25, 0.3) is 5.91 Å². The van der Waals surface area contributed by atoms with Crippen LogP contribution in [0.25, 0.3) is 0 Å². The average Bonchev–Trinajstić information content (AvgIpc) is 3.51. The molecule has 1 aliphatic heterocycles. The van der Waals surface area contributed by atoms with Gasteiger partial charge in [-0.2, -0.15) is 5.21 Å². The summed E-state index contributed by atoms with van der Waals surface area (Å²) < 4.78 is 4.68. The van der Waals surface area contributed by atoms with E-state index in [9.17, 15) is 19.2 Å². The Morgan fingerprint density at radius 3 is 2.74 bits per heavy atom. The van der Waals surface area contributed by atoms with E-state index < -0.39 is 41.8 Å². The number of H-pyrrole nitrogens is 1. The number of nitrogens with two attached hydrogens (primary N) is 1. The molecular weight excluding hydrogens is 458 g/mol. The summed E-state index contributed by atoms with van der Waals surface area (Å²) in [4.78, 5) is 56.8. The van der Waals surface area contributed by atoms with Gasteiger partial charge in [-0.05, 0) is 24.0 Å². The molecule has 0 unspecified atom stereocenters. The van der Waals surface area contributed by atoms with Crippen LogP contribution in [0.2, 0.25) is 0 Å². The van der Waals surface area contributed by atoms with Crippen LogP contribution in [0.3, 0.4) is 0 Å². The summed E-state index contributed by atoms with van der Waals surface area (Å²) in [6.45, 7) is 3.56. The number of rotatable bonds is 10. The van der Waals surface area contributed by atoms with Gasteiger partial charge in [0.05, 0.1) is 19.7 Å². The topological polar surface area (TPSA) is 198 Å². The minimum atomic E-state index is -1.13. The van der Waals surface area contributed by atoms with Crippen molar-refractivity contribution in [1.29, 1.82) is 0 Å². The normalized spacial score (nSPS) is 16.4. The number of carbonyl (C=O) groups is 4. The number of ether oxygens (including phenoxy) is 1. The Kier molecular flexibility index (Phi) is 8.41. The highest BCUT2D eigenvalue weighted by Crippen LogP contribution is 2.31. The van der Waals surface area contributed by atoms with Crippen molar-refractivity contribution >= 4 is 29.5 Å². The highest BCUT2D eigenvalue weighted by atomic mass is 16.5. The molecule has 0 spiro atoms. The summed E-state index contributed by atoms with van der Waals surface area (Å²) in [7, 11) is 1.23. The Morgan fingerprint density at radius 1 is 1.31 bits per heavy atom. The van der Waals surface area contributed by atoms with Gasteiger partial charge in [-0.25, -0.2) is 4.98 Å². The Labute approximate surface area is 201 Å². The Balaban J connectivity index is 1.86. The van der Waals surface area contributed by atoms with Crippen LogP contribution in [0, 0.1) is 5.92 Å². The predicted octanol–water partition coefficient (Wildman–Crippen LogP) is -1.41. The van der Waals surface area contributed by atoms with Crippen LogP contribution in [0.15, 0.2) is 18.3 Å². The Bertz CT molecular complexity index is 1060. The van der Waals surface area contributed by atoms with Crippen molar-refractivity contribution < 1.29 is 23.9 Å². The molecule has 14 nitrogen and oxygen atoms in total. The van der Waals surface area contributed by atoms with Crippen molar-refractivity contribution in [2.24, 2.45) is 11.7 Å². The lowest BCUT2D eigenvalue weighted by atomic mass is 10.0. The van der Waals surface area contributed by atoms with Crippen LogP contribution in [-0.4, -0.2) is 74.5 Å². The number of nitrogens with zero attached hydrogens (tertiary/aromatic N) is 5. The van der Waals surface area contributed by atoms with E-state index in [1.165, 1.54) is 18.2 Å². The van der Waals surface area contributed by atoms with Gasteiger partial charge in [0.15, 0.2) is 5.82 Å². The number of hydrogen-bond acceptors (Lipinski definition) is 10. The van der Waals surface area contributed by atoms with Crippen LogP contribution < -0.4 is 21.3 Å². The number of pyridine rings is 1. The standard InChI is InChI=1S/C21H29N9O5/c1-11(2)17(22)20(33)25-13(6-7-16(31)35-3)21(34)30-14(9-12-5-4-8-23-18(12)30)19(32)24-10-15-26-28-29-27-15/h4-5,8,11,13-14,17H,6-7,9-10,22H2,1-3H3,(H,24,32)(H,25,33)(H,26,27,28,29)/t13-,14-,17-/m0/s1. The van der Waals surface area contributed by atoms with Crippen molar-refractivity contribution in [2.75, 3.05) is 12.0 Å². The van der Waals surface area contributed by atoms with Gasteiger partial charge in [-0.15, -0.1) is 10.2 Å². The Hall–Kier alpha value is -3.94. The predicted molar refractivity (Wildman–Crippen MR) is 121 cm³/mol. The molecule has 2 aromatic rings. The second-order valence-corrected chi connectivity index (χ2v) is 8.41. The lowest BCUT2D eigenvalue weighted by molar-refractivity contribution is -0.141. The van der Waals surface area contributed by atoms with Crippen molar-refractivity contribution in [2.45, 2.75) is 57.8 Å². The van der Waals surface area contributed by atoms with E-state index in [-0.39, 0.29) is 37.5 Å². The first-order valence-corrected chi connectivity index (χ1v) is 11.1. The molecule has 14 heteroatoms. The first-order chi connectivity index (χ1) is 16.7. The molecule has 0 saturated carbocycles. The van der Waals surface area contributed by atoms with E-state index in [1.807, 2.05) is 0 Å². The third-order valence-corrected chi connectivity index (χ3v) is 5.67. The van der Waals surface area contributed by atoms with Gasteiger partial charge in [-0.3, -0.25) is 24.1 Å². The molecule has 0 bridgehead atoms. The maximum absolute atomic E-state index is 13.7. The van der Waals surface area contributed by atoms with Gasteiger partial charge < -0.3 is 21.1 Å². The number of tetrazole rings is 1. The quantitative estimate of drug-likeness (QED) is 0.289. The third kappa shape index (κ3) is 6.15.